The third-order valence-electron chi connectivity index (χ3n) is 2.12. The molecule has 1 rings (SSSR count). The second-order valence-electron chi connectivity index (χ2n) is 3.67. The summed E-state index contributed by atoms with van der Waals surface area (Å²) in [5.41, 5.74) is 0.264. The molecule has 0 spiro atoms. The van der Waals surface area contributed by atoms with Crippen molar-refractivity contribution in [1.29, 1.82) is 0 Å². The van der Waals surface area contributed by atoms with Gasteiger partial charge in [-0.05, 0) is 13.3 Å². The summed E-state index contributed by atoms with van der Waals surface area (Å²) in [6.45, 7) is 2.98. The smallest absolute Gasteiger partial charge is 0.260 e. The molecule has 5 nitrogen and oxygen atoms in total. The lowest BCUT2D eigenvalue weighted by atomic mass is 10.1. The van der Waals surface area contributed by atoms with Crippen LogP contribution in [0.5, 0.6) is 0 Å². The third kappa shape index (κ3) is 2.71. The molecular formula is C10H17N3O2. The molecule has 5 heteroatoms. The fourth-order valence-electron chi connectivity index (χ4n) is 1.35. The van der Waals surface area contributed by atoms with Crippen molar-refractivity contribution < 1.29 is 9.90 Å². The van der Waals surface area contributed by atoms with E-state index in [4.69, 9.17) is 0 Å². The summed E-state index contributed by atoms with van der Waals surface area (Å²) in [4.78, 5) is 17.4. The number of hydrogen-bond donors (Lipinski definition) is 2. The van der Waals surface area contributed by atoms with E-state index in [-0.39, 0.29) is 17.2 Å². The number of aliphatic imine (C=N–C) groups is 1. The van der Waals surface area contributed by atoms with Gasteiger partial charge in [-0.2, -0.15) is 0 Å². The zero-order chi connectivity index (χ0) is 11.4. The highest BCUT2D eigenvalue weighted by atomic mass is 16.3. The minimum atomic E-state index is -0.233. The van der Waals surface area contributed by atoms with Crippen LogP contribution < -0.4 is 5.32 Å². The number of carbonyl (C=O) groups is 1. The maximum absolute atomic E-state index is 11.8. The first kappa shape index (κ1) is 11.6. The van der Waals surface area contributed by atoms with Crippen molar-refractivity contribution >= 4 is 11.7 Å². The minimum Gasteiger partial charge on any atom is -0.512 e. The Morgan fingerprint density at radius 3 is 2.60 bits per heavy atom. The van der Waals surface area contributed by atoms with E-state index in [1.807, 2.05) is 0 Å². The zero-order valence-corrected chi connectivity index (χ0v) is 9.37. The SMILES string of the molecule is C/C(O)=C(/C(=O)N(C)C)C1=NCCCN1. The molecule has 1 aliphatic rings. The number of allylic oxidation sites excluding steroid dienone is 1. The molecule has 1 aliphatic heterocycles. The molecule has 0 fully saturated rings. The Labute approximate surface area is 89.5 Å². The van der Waals surface area contributed by atoms with Gasteiger partial charge in [0.2, 0.25) is 0 Å². The van der Waals surface area contributed by atoms with Crippen LogP contribution >= 0.6 is 0 Å². The van der Waals surface area contributed by atoms with Gasteiger partial charge in [0.05, 0.1) is 0 Å². The van der Waals surface area contributed by atoms with Crippen LogP contribution in [0.3, 0.4) is 0 Å². The van der Waals surface area contributed by atoms with Crippen molar-refractivity contribution in [3.8, 4) is 0 Å². The average Bonchev–Trinajstić information content (AvgIpc) is 2.18. The lowest BCUT2D eigenvalue weighted by molar-refractivity contribution is -0.124. The number of amides is 1. The average molecular weight is 211 g/mol. The van der Waals surface area contributed by atoms with Crippen molar-refractivity contribution in [3.05, 3.63) is 11.3 Å². The molecule has 2 N–H and O–H groups in total. The van der Waals surface area contributed by atoms with E-state index in [0.29, 0.717) is 12.4 Å². The summed E-state index contributed by atoms with van der Waals surface area (Å²) in [6.07, 6.45) is 0.956. The van der Waals surface area contributed by atoms with Gasteiger partial charge in [-0.25, -0.2) is 0 Å². The van der Waals surface area contributed by atoms with E-state index in [1.165, 1.54) is 11.8 Å². The van der Waals surface area contributed by atoms with Gasteiger partial charge < -0.3 is 15.3 Å². The Bertz CT molecular complexity index is 315. The second-order valence-corrected chi connectivity index (χ2v) is 3.67. The first-order valence-electron chi connectivity index (χ1n) is 4.94. The number of carbonyl (C=O) groups excluding carboxylic acids is 1. The lowest BCUT2D eigenvalue weighted by Crippen LogP contribution is -2.38. The normalized spacial score (nSPS) is 17.4. The van der Waals surface area contributed by atoms with E-state index in [0.717, 1.165) is 13.0 Å². The second kappa shape index (κ2) is 4.82. The summed E-state index contributed by atoms with van der Waals surface area (Å²) < 4.78 is 0. The fourth-order valence-corrected chi connectivity index (χ4v) is 1.35. The van der Waals surface area contributed by atoms with Gasteiger partial charge in [0.25, 0.3) is 5.91 Å². The largest absolute Gasteiger partial charge is 0.512 e. The van der Waals surface area contributed by atoms with Gasteiger partial charge in [0.1, 0.15) is 17.2 Å². The fraction of sp³-hybridized carbons (Fsp3) is 0.600. The van der Waals surface area contributed by atoms with E-state index in [1.54, 1.807) is 14.1 Å². The highest BCUT2D eigenvalue weighted by Crippen LogP contribution is 2.08. The van der Waals surface area contributed by atoms with Gasteiger partial charge in [-0.15, -0.1) is 0 Å². The summed E-state index contributed by atoms with van der Waals surface area (Å²) in [5, 5.41) is 12.5. The molecule has 0 aromatic carbocycles. The van der Waals surface area contributed by atoms with E-state index in [2.05, 4.69) is 10.3 Å². The summed E-state index contributed by atoms with van der Waals surface area (Å²) in [7, 11) is 3.29. The number of hydrogen-bond acceptors (Lipinski definition) is 4. The maximum Gasteiger partial charge on any atom is 0.260 e. The molecular weight excluding hydrogens is 194 g/mol. The molecule has 84 valence electrons. The van der Waals surface area contributed by atoms with Crippen LogP contribution in [-0.4, -0.2) is 48.9 Å². The Hall–Kier alpha value is -1.52. The molecule has 0 atom stereocenters. The number of likely N-dealkylation sites (N-methyl/N-ethyl adjacent to an activating group) is 1. The minimum absolute atomic E-state index is 0.00171. The van der Waals surface area contributed by atoms with Crippen molar-refractivity contribution in [3.63, 3.8) is 0 Å². The van der Waals surface area contributed by atoms with E-state index < -0.39 is 0 Å². The van der Waals surface area contributed by atoms with Crippen LogP contribution in [0.2, 0.25) is 0 Å². The molecule has 0 saturated carbocycles. The number of rotatable bonds is 2. The molecule has 1 amide bonds. The molecule has 0 aromatic heterocycles. The predicted octanol–water partition coefficient (Wildman–Crippen LogP) is 0.298. The number of amidine groups is 1. The van der Waals surface area contributed by atoms with Gasteiger partial charge in [-0.3, -0.25) is 9.79 Å². The van der Waals surface area contributed by atoms with Crippen molar-refractivity contribution in [1.82, 2.24) is 10.2 Å². The molecule has 0 unspecified atom stereocenters. The Balaban J connectivity index is 2.99. The highest BCUT2D eigenvalue weighted by Gasteiger charge is 2.22. The van der Waals surface area contributed by atoms with Crippen LogP contribution in [0.1, 0.15) is 13.3 Å². The number of nitrogens with one attached hydrogen (secondary N) is 1. The first-order chi connectivity index (χ1) is 7.04. The first-order valence-corrected chi connectivity index (χ1v) is 4.94. The van der Waals surface area contributed by atoms with Crippen molar-refractivity contribution in [2.45, 2.75) is 13.3 Å². The summed E-state index contributed by atoms with van der Waals surface area (Å²) in [5.74, 6) is 0.268. The molecule has 0 aliphatic carbocycles. The molecule has 0 aromatic rings. The van der Waals surface area contributed by atoms with Gasteiger partial charge in [0, 0.05) is 27.2 Å². The molecule has 1 heterocycles. The summed E-state index contributed by atoms with van der Waals surface area (Å²) >= 11 is 0. The Morgan fingerprint density at radius 1 is 1.53 bits per heavy atom. The van der Waals surface area contributed by atoms with E-state index >= 15 is 0 Å². The highest BCUT2D eigenvalue weighted by molar-refractivity contribution is 6.20. The number of aliphatic hydroxyl groups is 1. The lowest BCUT2D eigenvalue weighted by Gasteiger charge is -2.19. The third-order valence-corrected chi connectivity index (χ3v) is 2.12. The van der Waals surface area contributed by atoms with Gasteiger partial charge in [0.15, 0.2) is 0 Å². The molecule has 0 saturated heterocycles. The maximum atomic E-state index is 11.8. The molecule has 0 bridgehead atoms. The number of aliphatic hydroxyl groups excluding tert-OH is 1. The topological polar surface area (TPSA) is 64.9 Å². The van der Waals surface area contributed by atoms with Crippen LogP contribution in [-0.2, 0) is 4.79 Å². The van der Waals surface area contributed by atoms with Crippen molar-refractivity contribution in [2.24, 2.45) is 4.99 Å². The quantitative estimate of drug-likeness (QED) is 0.510. The van der Waals surface area contributed by atoms with Crippen LogP contribution in [0.15, 0.2) is 16.3 Å². The Kier molecular flexibility index (Phi) is 3.71. The Morgan fingerprint density at radius 2 is 2.20 bits per heavy atom. The number of nitrogens with zero attached hydrogens (tertiary/aromatic N) is 2. The molecule has 15 heavy (non-hydrogen) atoms. The van der Waals surface area contributed by atoms with Gasteiger partial charge >= 0.3 is 0 Å². The van der Waals surface area contributed by atoms with Crippen LogP contribution in [0, 0.1) is 0 Å². The molecule has 0 radical (unpaired) electrons. The predicted molar refractivity (Wildman–Crippen MR) is 58.9 cm³/mol. The van der Waals surface area contributed by atoms with Crippen LogP contribution in [0.25, 0.3) is 0 Å². The van der Waals surface area contributed by atoms with Crippen molar-refractivity contribution in [2.75, 3.05) is 27.2 Å². The van der Waals surface area contributed by atoms with Gasteiger partial charge in [-0.1, -0.05) is 0 Å². The standard InChI is InChI=1S/C10H17N3O2/c1-7(14)8(10(15)13(2)3)9-11-5-4-6-12-9/h14H,4-6H2,1-3H3,(H,11,12)/b8-7-. The zero-order valence-electron chi connectivity index (χ0n) is 9.37. The summed E-state index contributed by atoms with van der Waals surface area (Å²) in [6, 6.07) is 0. The van der Waals surface area contributed by atoms with E-state index in [9.17, 15) is 9.90 Å². The monoisotopic (exact) mass is 211 g/mol. The van der Waals surface area contributed by atoms with Crippen LogP contribution in [0.4, 0.5) is 0 Å².